The Kier molecular flexibility index (Phi) is 4.89. The van der Waals surface area contributed by atoms with Gasteiger partial charge in [-0.15, -0.1) is 16.8 Å². The molecule has 22 heavy (non-hydrogen) atoms. The van der Waals surface area contributed by atoms with Crippen molar-refractivity contribution in [2.24, 2.45) is 0 Å². The van der Waals surface area contributed by atoms with Gasteiger partial charge in [0.05, 0.1) is 5.75 Å². The molecule has 0 amide bonds. The van der Waals surface area contributed by atoms with Gasteiger partial charge >= 0.3 is 0 Å². The molecule has 1 aliphatic heterocycles. The summed E-state index contributed by atoms with van der Waals surface area (Å²) in [6.07, 6.45) is 4.08. The predicted molar refractivity (Wildman–Crippen MR) is 83.7 cm³/mol. The molecule has 0 unspecified atom stereocenters. The van der Waals surface area contributed by atoms with Crippen LogP contribution in [0.4, 0.5) is 0 Å². The summed E-state index contributed by atoms with van der Waals surface area (Å²) in [4.78, 5) is 4.21. The number of allylic oxidation sites excluding steroid dienone is 1. The van der Waals surface area contributed by atoms with Crippen LogP contribution in [0.3, 0.4) is 0 Å². The van der Waals surface area contributed by atoms with E-state index in [-0.39, 0.29) is 0 Å². The molecule has 1 saturated heterocycles. The molecule has 2 aromatic rings. The highest BCUT2D eigenvalue weighted by Gasteiger charge is 2.23. The fourth-order valence-corrected chi connectivity index (χ4v) is 3.41. The van der Waals surface area contributed by atoms with Crippen molar-refractivity contribution < 1.29 is 4.52 Å². The Morgan fingerprint density at radius 2 is 2.23 bits per heavy atom. The molecule has 0 bridgehead atoms. The standard InChI is InChI=1S/C14H20N6OS/c1-3-8-20-13(11-4-6-15-7-5-11)17-18-14(20)22-9-12-16-10(2)19-21-12/h3,11,15H,1,4-9H2,2H3. The SMILES string of the molecule is C=CCn1c(SCc2nc(C)no2)nnc1C1CCNCC1. The smallest absolute Gasteiger partial charge is 0.237 e. The van der Waals surface area contributed by atoms with E-state index in [1.165, 1.54) is 0 Å². The lowest BCUT2D eigenvalue weighted by atomic mass is 9.97. The molecule has 2 aromatic heterocycles. The molecule has 0 aliphatic carbocycles. The maximum absolute atomic E-state index is 5.14. The zero-order valence-corrected chi connectivity index (χ0v) is 13.5. The van der Waals surface area contributed by atoms with Gasteiger partial charge in [-0.25, -0.2) is 0 Å². The largest absolute Gasteiger partial charge is 0.338 e. The van der Waals surface area contributed by atoms with Crippen LogP contribution in [0.15, 0.2) is 22.3 Å². The van der Waals surface area contributed by atoms with Crippen molar-refractivity contribution >= 4 is 11.8 Å². The second-order valence-corrected chi connectivity index (χ2v) is 6.23. The van der Waals surface area contributed by atoms with Crippen molar-refractivity contribution in [2.45, 2.75) is 43.1 Å². The van der Waals surface area contributed by atoms with Crippen LogP contribution in [0.2, 0.25) is 0 Å². The van der Waals surface area contributed by atoms with E-state index in [9.17, 15) is 0 Å². The Morgan fingerprint density at radius 1 is 1.41 bits per heavy atom. The molecular weight excluding hydrogens is 300 g/mol. The molecule has 0 spiro atoms. The maximum atomic E-state index is 5.14. The van der Waals surface area contributed by atoms with Crippen molar-refractivity contribution in [1.82, 2.24) is 30.2 Å². The molecule has 3 heterocycles. The van der Waals surface area contributed by atoms with Crippen LogP contribution >= 0.6 is 11.8 Å². The average molecular weight is 320 g/mol. The van der Waals surface area contributed by atoms with Gasteiger partial charge in [0.2, 0.25) is 5.89 Å². The van der Waals surface area contributed by atoms with Gasteiger partial charge in [0.25, 0.3) is 0 Å². The zero-order valence-electron chi connectivity index (χ0n) is 12.7. The van der Waals surface area contributed by atoms with Gasteiger partial charge in [0.1, 0.15) is 5.82 Å². The van der Waals surface area contributed by atoms with E-state index in [0.717, 1.165) is 43.5 Å². The summed E-state index contributed by atoms with van der Waals surface area (Å²) in [5.74, 6) is 3.39. The molecule has 1 N–H and O–H groups in total. The summed E-state index contributed by atoms with van der Waals surface area (Å²) in [5.41, 5.74) is 0. The predicted octanol–water partition coefficient (Wildman–Crippen LogP) is 1.91. The Morgan fingerprint density at radius 3 is 2.91 bits per heavy atom. The van der Waals surface area contributed by atoms with E-state index in [1.54, 1.807) is 11.8 Å². The summed E-state index contributed by atoms with van der Waals surface area (Å²) in [6.45, 7) is 8.45. The highest BCUT2D eigenvalue weighted by atomic mass is 32.2. The highest BCUT2D eigenvalue weighted by Crippen LogP contribution is 2.28. The van der Waals surface area contributed by atoms with Crippen LogP contribution in [-0.4, -0.2) is 38.0 Å². The number of nitrogens with one attached hydrogen (secondary N) is 1. The number of aryl methyl sites for hydroxylation is 1. The molecule has 0 radical (unpaired) electrons. The van der Waals surface area contributed by atoms with Gasteiger partial charge in [0, 0.05) is 12.5 Å². The zero-order chi connectivity index (χ0) is 15.4. The third-order valence-corrected chi connectivity index (χ3v) is 4.61. The summed E-state index contributed by atoms with van der Waals surface area (Å²) in [6, 6.07) is 0. The maximum Gasteiger partial charge on any atom is 0.237 e. The number of thioether (sulfide) groups is 1. The van der Waals surface area contributed by atoms with Crippen molar-refractivity contribution in [1.29, 1.82) is 0 Å². The third-order valence-electron chi connectivity index (χ3n) is 3.66. The lowest BCUT2D eigenvalue weighted by molar-refractivity contribution is 0.387. The third kappa shape index (κ3) is 3.38. The first-order chi connectivity index (χ1) is 10.8. The summed E-state index contributed by atoms with van der Waals surface area (Å²) in [7, 11) is 0. The minimum atomic E-state index is 0.466. The van der Waals surface area contributed by atoms with Crippen molar-refractivity contribution in [3.63, 3.8) is 0 Å². The van der Waals surface area contributed by atoms with E-state index >= 15 is 0 Å². The number of piperidine rings is 1. The van der Waals surface area contributed by atoms with Crippen LogP contribution in [0.1, 0.15) is 36.3 Å². The fraction of sp³-hybridized carbons (Fsp3) is 0.571. The Hall–Kier alpha value is -1.67. The number of rotatable bonds is 6. The van der Waals surface area contributed by atoms with Crippen LogP contribution in [0.25, 0.3) is 0 Å². The van der Waals surface area contributed by atoms with Crippen LogP contribution in [0, 0.1) is 6.92 Å². The number of hydrogen-bond acceptors (Lipinski definition) is 7. The second kappa shape index (κ2) is 7.06. The first-order valence-corrected chi connectivity index (χ1v) is 8.43. The van der Waals surface area contributed by atoms with Crippen LogP contribution < -0.4 is 5.32 Å². The lowest BCUT2D eigenvalue weighted by Gasteiger charge is -2.22. The molecule has 0 saturated carbocycles. The number of nitrogens with zero attached hydrogens (tertiary/aromatic N) is 5. The Balaban J connectivity index is 1.75. The first kappa shape index (κ1) is 15.2. The molecule has 8 heteroatoms. The van der Waals surface area contributed by atoms with Crippen LogP contribution in [-0.2, 0) is 12.3 Å². The minimum absolute atomic E-state index is 0.466. The molecule has 1 fully saturated rings. The fourth-order valence-electron chi connectivity index (χ4n) is 2.61. The van der Waals surface area contributed by atoms with Gasteiger partial charge < -0.3 is 14.4 Å². The van der Waals surface area contributed by atoms with E-state index in [0.29, 0.717) is 23.4 Å². The molecular formula is C14H20N6OS. The summed E-state index contributed by atoms with van der Waals surface area (Å²) >= 11 is 1.57. The normalized spacial score (nSPS) is 16.0. The molecule has 3 rings (SSSR count). The highest BCUT2D eigenvalue weighted by molar-refractivity contribution is 7.98. The molecule has 118 valence electrons. The monoisotopic (exact) mass is 320 g/mol. The number of hydrogen-bond donors (Lipinski definition) is 1. The van der Waals surface area contributed by atoms with Gasteiger partial charge in [-0.05, 0) is 32.9 Å². The first-order valence-electron chi connectivity index (χ1n) is 7.44. The van der Waals surface area contributed by atoms with Gasteiger partial charge in [-0.1, -0.05) is 23.0 Å². The van der Waals surface area contributed by atoms with Crippen molar-refractivity contribution in [3.05, 3.63) is 30.2 Å². The van der Waals surface area contributed by atoms with Gasteiger partial charge in [0.15, 0.2) is 11.0 Å². The summed E-state index contributed by atoms with van der Waals surface area (Å²) in [5, 5.41) is 16.8. The van der Waals surface area contributed by atoms with Crippen molar-refractivity contribution in [3.8, 4) is 0 Å². The van der Waals surface area contributed by atoms with E-state index in [1.807, 2.05) is 13.0 Å². The molecule has 7 nitrogen and oxygen atoms in total. The Labute approximate surface area is 133 Å². The quantitative estimate of drug-likeness (QED) is 0.643. The van der Waals surface area contributed by atoms with E-state index in [4.69, 9.17) is 4.52 Å². The Bertz CT molecular complexity index is 631. The van der Waals surface area contributed by atoms with Gasteiger partial charge in [-0.3, -0.25) is 0 Å². The summed E-state index contributed by atoms with van der Waals surface area (Å²) < 4.78 is 7.29. The van der Waals surface area contributed by atoms with E-state index in [2.05, 4.69) is 36.8 Å². The van der Waals surface area contributed by atoms with Gasteiger partial charge in [-0.2, -0.15) is 4.98 Å². The minimum Gasteiger partial charge on any atom is -0.338 e. The second-order valence-electron chi connectivity index (χ2n) is 5.29. The topological polar surface area (TPSA) is 81.7 Å². The lowest BCUT2D eigenvalue weighted by Crippen LogP contribution is -2.28. The molecule has 0 aromatic carbocycles. The van der Waals surface area contributed by atoms with E-state index < -0.39 is 0 Å². The molecule has 1 aliphatic rings. The average Bonchev–Trinajstić information content (AvgIpc) is 3.13. The molecule has 0 atom stereocenters. The number of aromatic nitrogens is 5. The van der Waals surface area contributed by atoms with Crippen molar-refractivity contribution in [2.75, 3.05) is 13.1 Å². The van der Waals surface area contributed by atoms with Crippen LogP contribution in [0.5, 0.6) is 0 Å².